The van der Waals surface area contributed by atoms with E-state index in [0.717, 1.165) is 11.8 Å². The van der Waals surface area contributed by atoms with Gasteiger partial charge < -0.3 is 0 Å². The summed E-state index contributed by atoms with van der Waals surface area (Å²) >= 11 is 9.33. The summed E-state index contributed by atoms with van der Waals surface area (Å²) in [6.07, 6.45) is 1.71. The maximum absolute atomic E-state index is 13.5. The normalized spacial score (nSPS) is 15.0. The Bertz CT molecular complexity index is 334. The quantitative estimate of drug-likeness (QED) is 0.697. The fourth-order valence-electron chi connectivity index (χ4n) is 1.41. The Hall–Kier alpha value is -0.0800. The van der Waals surface area contributed by atoms with Crippen LogP contribution in [0, 0.1) is 11.2 Å². The van der Waals surface area contributed by atoms with E-state index in [1.54, 1.807) is 12.1 Å². The second kappa shape index (κ2) is 5.31. The molecule has 0 heterocycles. The molecule has 0 aromatic heterocycles. The van der Waals surface area contributed by atoms with Crippen molar-refractivity contribution in [2.75, 3.05) is 5.33 Å². The number of halogens is 3. The largest absolute Gasteiger partial charge is 0.207 e. The van der Waals surface area contributed by atoms with Crippen molar-refractivity contribution >= 4 is 27.5 Å². The summed E-state index contributed by atoms with van der Waals surface area (Å²) in [6, 6.07) is 4.73. The minimum atomic E-state index is -0.167. The molecule has 0 saturated heterocycles. The van der Waals surface area contributed by atoms with Gasteiger partial charge in [-0.05, 0) is 42.0 Å². The number of alkyl halides is 1. The SMILES string of the molecule is CCC(C)(CBr)Cc1cc(Cl)ccc1F. The summed E-state index contributed by atoms with van der Waals surface area (Å²) in [5.41, 5.74) is 0.789. The standard InChI is InChI=1S/C12H15BrClF/c1-3-12(2,8-13)7-9-6-10(14)4-5-11(9)15/h4-6H,3,7-8H2,1-2H3. The fourth-order valence-corrected chi connectivity index (χ4v) is 2.19. The van der Waals surface area contributed by atoms with Gasteiger partial charge in [-0.25, -0.2) is 4.39 Å². The molecule has 0 N–H and O–H groups in total. The average molecular weight is 294 g/mol. The van der Waals surface area contributed by atoms with E-state index in [-0.39, 0.29) is 11.2 Å². The molecule has 1 unspecified atom stereocenters. The zero-order valence-electron chi connectivity index (χ0n) is 8.99. The van der Waals surface area contributed by atoms with Crippen LogP contribution in [0.25, 0.3) is 0 Å². The topological polar surface area (TPSA) is 0 Å². The van der Waals surface area contributed by atoms with Gasteiger partial charge in [-0.2, -0.15) is 0 Å². The van der Waals surface area contributed by atoms with Gasteiger partial charge in [0.2, 0.25) is 0 Å². The molecule has 0 fully saturated rings. The number of hydrogen-bond acceptors (Lipinski definition) is 0. The molecule has 0 aliphatic rings. The summed E-state index contributed by atoms with van der Waals surface area (Å²) in [6.45, 7) is 4.26. The summed E-state index contributed by atoms with van der Waals surface area (Å²) in [7, 11) is 0. The molecule has 0 aliphatic carbocycles. The van der Waals surface area contributed by atoms with Crippen molar-refractivity contribution in [1.29, 1.82) is 0 Å². The molecule has 0 spiro atoms. The van der Waals surface area contributed by atoms with Crippen molar-refractivity contribution in [1.82, 2.24) is 0 Å². The maximum atomic E-state index is 13.5. The molecular formula is C12H15BrClF. The minimum absolute atomic E-state index is 0.0888. The fraction of sp³-hybridized carbons (Fsp3) is 0.500. The van der Waals surface area contributed by atoms with Gasteiger partial charge in [-0.15, -0.1) is 0 Å². The van der Waals surface area contributed by atoms with E-state index in [1.165, 1.54) is 6.07 Å². The van der Waals surface area contributed by atoms with Crippen LogP contribution in [0.3, 0.4) is 0 Å². The number of hydrogen-bond donors (Lipinski definition) is 0. The summed E-state index contributed by atoms with van der Waals surface area (Å²) in [4.78, 5) is 0. The van der Waals surface area contributed by atoms with E-state index in [2.05, 4.69) is 29.8 Å². The Morgan fingerprint density at radius 2 is 2.13 bits per heavy atom. The molecule has 84 valence electrons. The van der Waals surface area contributed by atoms with E-state index >= 15 is 0 Å². The lowest BCUT2D eigenvalue weighted by molar-refractivity contribution is 0.355. The van der Waals surface area contributed by atoms with Gasteiger partial charge in [0.15, 0.2) is 0 Å². The zero-order valence-corrected chi connectivity index (χ0v) is 11.3. The van der Waals surface area contributed by atoms with Gasteiger partial charge in [-0.1, -0.05) is 41.4 Å². The molecule has 1 atom stereocenters. The molecule has 0 aliphatic heterocycles. The molecular weight excluding hydrogens is 278 g/mol. The first-order valence-electron chi connectivity index (χ1n) is 5.00. The molecule has 0 amide bonds. The highest BCUT2D eigenvalue weighted by Crippen LogP contribution is 2.30. The monoisotopic (exact) mass is 292 g/mol. The third kappa shape index (κ3) is 3.46. The van der Waals surface area contributed by atoms with Crippen molar-refractivity contribution in [3.63, 3.8) is 0 Å². The highest BCUT2D eigenvalue weighted by atomic mass is 79.9. The van der Waals surface area contributed by atoms with Gasteiger partial charge in [0.1, 0.15) is 5.82 Å². The van der Waals surface area contributed by atoms with Crippen LogP contribution in [-0.4, -0.2) is 5.33 Å². The van der Waals surface area contributed by atoms with E-state index < -0.39 is 0 Å². The first kappa shape index (κ1) is 13.0. The molecule has 0 saturated carbocycles. The summed E-state index contributed by atoms with van der Waals surface area (Å²) in [5.74, 6) is -0.167. The van der Waals surface area contributed by atoms with Crippen molar-refractivity contribution in [3.8, 4) is 0 Å². The predicted molar refractivity (Wildman–Crippen MR) is 67.3 cm³/mol. The van der Waals surface area contributed by atoms with Crippen molar-refractivity contribution in [2.45, 2.75) is 26.7 Å². The Kier molecular flexibility index (Phi) is 4.60. The van der Waals surface area contributed by atoms with Crippen LogP contribution in [-0.2, 0) is 6.42 Å². The van der Waals surface area contributed by atoms with Gasteiger partial charge in [0, 0.05) is 10.4 Å². The van der Waals surface area contributed by atoms with Gasteiger partial charge >= 0.3 is 0 Å². The second-order valence-corrected chi connectivity index (χ2v) is 5.21. The lowest BCUT2D eigenvalue weighted by Crippen LogP contribution is -2.20. The molecule has 0 bridgehead atoms. The van der Waals surface area contributed by atoms with Crippen LogP contribution in [0.1, 0.15) is 25.8 Å². The first-order chi connectivity index (χ1) is 7.00. The van der Waals surface area contributed by atoms with Crippen molar-refractivity contribution < 1.29 is 4.39 Å². The van der Waals surface area contributed by atoms with Gasteiger partial charge in [0.25, 0.3) is 0 Å². The van der Waals surface area contributed by atoms with Crippen molar-refractivity contribution in [2.24, 2.45) is 5.41 Å². The third-order valence-electron chi connectivity index (χ3n) is 2.80. The number of rotatable bonds is 4. The molecule has 15 heavy (non-hydrogen) atoms. The highest BCUT2D eigenvalue weighted by molar-refractivity contribution is 9.09. The van der Waals surface area contributed by atoms with Crippen LogP contribution >= 0.6 is 27.5 Å². The van der Waals surface area contributed by atoms with Crippen molar-refractivity contribution in [3.05, 3.63) is 34.6 Å². The zero-order chi connectivity index (χ0) is 11.5. The molecule has 3 heteroatoms. The highest BCUT2D eigenvalue weighted by Gasteiger charge is 2.22. The Labute approximate surface area is 104 Å². The van der Waals surface area contributed by atoms with Gasteiger partial charge in [-0.3, -0.25) is 0 Å². The van der Waals surface area contributed by atoms with E-state index in [9.17, 15) is 4.39 Å². The lowest BCUT2D eigenvalue weighted by Gasteiger charge is -2.25. The first-order valence-corrected chi connectivity index (χ1v) is 6.50. The van der Waals surface area contributed by atoms with E-state index in [4.69, 9.17) is 11.6 Å². The van der Waals surface area contributed by atoms with Crippen LogP contribution in [0.4, 0.5) is 4.39 Å². The van der Waals surface area contributed by atoms with Crippen LogP contribution in [0.2, 0.25) is 5.02 Å². The average Bonchev–Trinajstić information content (AvgIpc) is 2.23. The Morgan fingerprint density at radius 1 is 1.47 bits per heavy atom. The molecule has 0 radical (unpaired) electrons. The smallest absolute Gasteiger partial charge is 0.126 e. The van der Waals surface area contributed by atoms with Gasteiger partial charge in [0.05, 0.1) is 0 Å². The molecule has 1 aromatic carbocycles. The van der Waals surface area contributed by atoms with Crippen LogP contribution in [0.5, 0.6) is 0 Å². The summed E-state index contributed by atoms with van der Waals surface area (Å²) < 4.78 is 13.5. The Morgan fingerprint density at radius 3 is 2.67 bits per heavy atom. The molecule has 0 nitrogen and oxygen atoms in total. The molecule has 1 rings (SSSR count). The minimum Gasteiger partial charge on any atom is -0.207 e. The van der Waals surface area contributed by atoms with Crippen LogP contribution in [0.15, 0.2) is 18.2 Å². The molecule has 1 aromatic rings. The van der Waals surface area contributed by atoms with E-state index in [0.29, 0.717) is 17.0 Å². The number of benzene rings is 1. The summed E-state index contributed by atoms with van der Waals surface area (Å²) in [5, 5.41) is 1.46. The van der Waals surface area contributed by atoms with E-state index in [1.807, 2.05) is 0 Å². The Balaban J connectivity index is 2.92. The maximum Gasteiger partial charge on any atom is 0.126 e. The second-order valence-electron chi connectivity index (χ2n) is 4.21. The lowest BCUT2D eigenvalue weighted by atomic mass is 9.83. The third-order valence-corrected chi connectivity index (χ3v) is 4.39. The predicted octanol–water partition coefficient (Wildman–Crippen LogP) is 4.83. The van der Waals surface area contributed by atoms with Crippen LogP contribution < -0.4 is 0 Å².